The lowest BCUT2D eigenvalue weighted by Gasteiger charge is -2.20. The van der Waals surface area contributed by atoms with E-state index in [2.05, 4.69) is 10.4 Å². The predicted octanol–water partition coefficient (Wildman–Crippen LogP) is 2.41. The van der Waals surface area contributed by atoms with E-state index in [1.165, 1.54) is 12.1 Å². The summed E-state index contributed by atoms with van der Waals surface area (Å²) in [4.78, 5) is 6.23. The number of rotatable bonds is 3. The highest BCUT2D eigenvalue weighted by Crippen LogP contribution is 2.11. The van der Waals surface area contributed by atoms with E-state index in [9.17, 15) is 4.39 Å². The molecule has 0 aromatic heterocycles. The maximum atomic E-state index is 13.2. The molecule has 0 heterocycles. The Morgan fingerprint density at radius 3 is 2.60 bits per heavy atom. The second kappa shape index (κ2) is 6.68. The molecular formula is C15H17FN4. The van der Waals surface area contributed by atoms with Crippen molar-refractivity contribution in [2.75, 3.05) is 7.05 Å². The summed E-state index contributed by atoms with van der Waals surface area (Å²) in [5.41, 5.74) is 4.22. The van der Waals surface area contributed by atoms with E-state index in [1.54, 1.807) is 6.07 Å². The van der Waals surface area contributed by atoms with Gasteiger partial charge in [0.1, 0.15) is 5.82 Å². The van der Waals surface area contributed by atoms with Gasteiger partial charge in [-0.15, -0.1) is 0 Å². The molecule has 3 N–H and O–H groups in total. The molecule has 0 saturated heterocycles. The fourth-order valence-electron chi connectivity index (χ4n) is 1.84. The number of nitrogens with zero attached hydrogens (tertiary/aromatic N) is 2. The van der Waals surface area contributed by atoms with Gasteiger partial charge in [-0.1, -0.05) is 30.3 Å². The quantitative estimate of drug-likeness (QED) is 0.390. The Morgan fingerprint density at radius 2 is 1.95 bits per heavy atom. The third-order valence-corrected chi connectivity index (χ3v) is 2.79. The summed E-state index contributed by atoms with van der Waals surface area (Å²) in [5, 5.41) is 0. The van der Waals surface area contributed by atoms with Crippen LogP contribution in [0.5, 0.6) is 0 Å². The molecule has 2 aromatic rings. The molecule has 0 radical (unpaired) electrons. The zero-order valence-corrected chi connectivity index (χ0v) is 11.3. The minimum Gasteiger partial charge on any atom is -0.340 e. The van der Waals surface area contributed by atoms with E-state index in [-0.39, 0.29) is 5.82 Å². The molecule has 104 valence electrons. The molecule has 0 amide bonds. The van der Waals surface area contributed by atoms with E-state index in [0.717, 1.165) is 11.3 Å². The van der Waals surface area contributed by atoms with Crippen LogP contribution in [0.1, 0.15) is 5.56 Å². The molecule has 20 heavy (non-hydrogen) atoms. The topological polar surface area (TPSA) is 53.6 Å². The molecule has 0 bridgehead atoms. The number of para-hydroxylation sites is 1. The highest BCUT2D eigenvalue weighted by atomic mass is 19.1. The van der Waals surface area contributed by atoms with E-state index >= 15 is 0 Å². The van der Waals surface area contributed by atoms with Gasteiger partial charge in [0, 0.05) is 13.6 Å². The summed E-state index contributed by atoms with van der Waals surface area (Å²) in [6.45, 7) is 0.508. The Labute approximate surface area is 117 Å². The maximum Gasteiger partial charge on any atom is 0.213 e. The SMILES string of the molecule is CN(Cc1cccc(F)c1)C(=Nc1ccccc1)NN. The minimum absolute atomic E-state index is 0.252. The van der Waals surface area contributed by atoms with Crippen molar-refractivity contribution in [3.05, 3.63) is 66.0 Å². The molecule has 2 rings (SSSR count). The summed E-state index contributed by atoms with van der Waals surface area (Å²) < 4.78 is 13.2. The zero-order chi connectivity index (χ0) is 14.4. The monoisotopic (exact) mass is 272 g/mol. The number of hydrogen-bond donors (Lipinski definition) is 2. The fraction of sp³-hybridized carbons (Fsp3) is 0.133. The third kappa shape index (κ3) is 3.80. The van der Waals surface area contributed by atoms with Crippen LogP contribution in [0.15, 0.2) is 59.6 Å². The van der Waals surface area contributed by atoms with Crippen LogP contribution in [0.25, 0.3) is 0 Å². The van der Waals surface area contributed by atoms with Gasteiger partial charge in [0.15, 0.2) is 0 Å². The van der Waals surface area contributed by atoms with Gasteiger partial charge < -0.3 is 4.90 Å². The average Bonchev–Trinajstić information content (AvgIpc) is 2.45. The molecule has 0 unspecified atom stereocenters. The Kier molecular flexibility index (Phi) is 4.68. The normalized spacial score (nSPS) is 11.2. The maximum absolute atomic E-state index is 13.2. The van der Waals surface area contributed by atoms with Crippen molar-refractivity contribution < 1.29 is 4.39 Å². The van der Waals surface area contributed by atoms with E-state index < -0.39 is 0 Å². The van der Waals surface area contributed by atoms with Crippen LogP contribution < -0.4 is 11.3 Å². The number of benzene rings is 2. The highest BCUT2D eigenvalue weighted by molar-refractivity contribution is 5.81. The molecular weight excluding hydrogens is 255 g/mol. The first-order valence-electron chi connectivity index (χ1n) is 6.25. The summed E-state index contributed by atoms with van der Waals surface area (Å²) >= 11 is 0. The van der Waals surface area contributed by atoms with Gasteiger partial charge in [-0.05, 0) is 29.8 Å². The third-order valence-electron chi connectivity index (χ3n) is 2.79. The van der Waals surface area contributed by atoms with Crippen LogP contribution in [0.4, 0.5) is 10.1 Å². The van der Waals surface area contributed by atoms with Crippen LogP contribution >= 0.6 is 0 Å². The van der Waals surface area contributed by atoms with Gasteiger partial charge in [0.25, 0.3) is 0 Å². The van der Waals surface area contributed by atoms with Crippen LogP contribution in [-0.2, 0) is 6.54 Å². The first-order chi connectivity index (χ1) is 9.69. The van der Waals surface area contributed by atoms with Gasteiger partial charge >= 0.3 is 0 Å². The van der Waals surface area contributed by atoms with Crippen molar-refractivity contribution in [1.29, 1.82) is 0 Å². The summed E-state index contributed by atoms with van der Waals surface area (Å²) in [6.07, 6.45) is 0. The second-order valence-corrected chi connectivity index (χ2v) is 4.40. The van der Waals surface area contributed by atoms with Crippen LogP contribution in [-0.4, -0.2) is 17.9 Å². The van der Waals surface area contributed by atoms with Gasteiger partial charge in [-0.2, -0.15) is 0 Å². The molecule has 0 aliphatic carbocycles. The Hall–Kier alpha value is -2.40. The Morgan fingerprint density at radius 1 is 1.20 bits per heavy atom. The smallest absolute Gasteiger partial charge is 0.213 e. The number of nitrogens with one attached hydrogen (secondary N) is 1. The van der Waals surface area contributed by atoms with Crippen LogP contribution in [0.3, 0.4) is 0 Å². The summed E-state index contributed by atoms with van der Waals surface area (Å²) in [7, 11) is 1.84. The molecule has 0 fully saturated rings. The van der Waals surface area contributed by atoms with Gasteiger partial charge in [-0.25, -0.2) is 15.2 Å². The standard InChI is InChI=1S/C15H17FN4/c1-20(11-12-6-5-7-13(16)10-12)15(19-17)18-14-8-3-2-4-9-14/h2-10H,11,17H2,1H3,(H,18,19). The summed E-state index contributed by atoms with van der Waals surface area (Å²) in [6, 6.07) is 15.9. The average molecular weight is 272 g/mol. The predicted molar refractivity (Wildman–Crippen MR) is 78.7 cm³/mol. The van der Waals surface area contributed by atoms with E-state index in [4.69, 9.17) is 5.84 Å². The van der Waals surface area contributed by atoms with Gasteiger partial charge in [0.05, 0.1) is 5.69 Å². The number of hydrogen-bond acceptors (Lipinski definition) is 2. The Bertz CT molecular complexity index is 583. The largest absolute Gasteiger partial charge is 0.340 e. The number of halogens is 1. The Balaban J connectivity index is 2.13. The van der Waals surface area contributed by atoms with Gasteiger partial charge in [0.2, 0.25) is 5.96 Å². The van der Waals surface area contributed by atoms with Crippen LogP contribution in [0, 0.1) is 5.82 Å². The van der Waals surface area contributed by atoms with Crippen molar-refractivity contribution in [2.45, 2.75) is 6.54 Å². The molecule has 5 heteroatoms. The van der Waals surface area contributed by atoms with Crippen molar-refractivity contribution in [3.63, 3.8) is 0 Å². The van der Waals surface area contributed by atoms with E-state index in [1.807, 2.05) is 48.3 Å². The van der Waals surface area contributed by atoms with Crippen LogP contribution in [0.2, 0.25) is 0 Å². The molecule has 0 aliphatic rings. The first-order valence-corrected chi connectivity index (χ1v) is 6.25. The summed E-state index contributed by atoms with van der Waals surface area (Å²) in [5.74, 6) is 5.77. The number of nitrogens with two attached hydrogens (primary N) is 1. The number of hydrazine groups is 1. The molecule has 0 saturated carbocycles. The molecule has 0 atom stereocenters. The molecule has 0 aliphatic heterocycles. The highest BCUT2D eigenvalue weighted by Gasteiger charge is 2.06. The number of guanidine groups is 1. The van der Waals surface area contributed by atoms with Crippen molar-refractivity contribution in [2.24, 2.45) is 10.8 Å². The molecule has 0 spiro atoms. The molecule has 4 nitrogen and oxygen atoms in total. The lowest BCUT2D eigenvalue weighted by molar-refractivity contribution is 0.478. The van der Waals surface area contributed by atoms with Crippen molar-refractivity contribution in [3.8, 4) is 0 Å². The fourth-order valence-corrected chi connectivity index (χ4v) is 1.84. The van der Waals surface area contributed by atoms with Gasteiger partial charge in [-0.3, -0.25) is 5.43 Å². The van der Waals surface area contributed by atoms with Crippen molar-refractivity contribution in [1.82, 2.24) is 10.3 Å². The number of aliphatic imine (C=N–C) groups is 1. The lowest BCUT2D eigenvalue weighted by Crippen LogP contribution is -2.42. The lowest BCUT2D eigenvalue weighted by atomic mass is 10.2. The minimum atomic E-state index is -0.252. The molecule has 2 aromatic carbocycles. The van der Waals surface area contributed by atoms with E-state index in [0.29, 0.717) is 12.5 Å². The zero-order valence-electron chi connectivity index (χ0n) is 11.3. The van der Waals surface area contributed by atoms with Crippen molar-refractivity contribution >= 4 is 11.6 Å². The second-order valence-electron chi connectivity index (χ2n) is 4.40. The first kappa shape index (κ1) is 14.0.